The normalized spacial score (nSPS) is 20.2. The van der Waals surface area contributed by atoms with Crippen molar-refractivity contribution in [2.45, 2.75) is 43.7 Å². The van der Waals surface area contributed by atoms with Gasteiger partial charge < -0.3 is 20.3 Å². The summed E-state index contributed by atoms with van der Waals surface area (Å²) in [6.45, 7) is 8.27. The lowest BCUT2D eigenvalue weighted by molar-refractivity contribution is 0.0730. The maximum absolute atomic E-state index is 12.7. The molecule has 2 aliphatic rings. The van der Waals surface area contributed by atoms with Crippen molar-refractivity contribution in [3.63, 3.8) is 0 Å². The van der Waals surface area contributed by atoms with Crippen molar-refractivity contribution < 1.29 is 13.2 Å². The molecule has 0 aliphatic carbocycles. The molecule has 0 radical (unpaired) electrons. The number of benzene rings is 1. The highest BCUT2D eigenvalue weighted by Gasteiger charge is 2.26. The van der Waals surface area contributed by atoms with Gasteiger partial charge in [-0.1, -0.05) is 0 Å². The summed E-state index contributed by atoms with van der Waals surface area (Å²) in [7, 11) is -3.47. The van der Waals surface area contributed by atoms with Gasteiger partial charge in [0.15, 0.2) is 5.11 Å². The number of hydrogen-bond acceptors (Lipinski definition) is 5. The number of anilines is 1. The van der Waals surface area contributed by atoms with Gasteiger partial charge in [-0.25, -0.2) is 8.42 Å². The van der Waals surface area contributed by atoms with E-state index >= 15 is 0 Å². The topological polar surface area (TPSA) is 73.9 Å². The summed E-state index contributed by atoms with van der Waals surface area (Å²) < 4.78 is 32.0. The zero-order chi connectivity index (χ0) is 20.1. The molecule has 1 aromatic carbocycles. The average Bonchev–Trinajstić information content (AvgIpc) is 2.69. The molecule has 0 atom stereocenters. The first-order chi connectivity index (χ1) is 13.4. The van der Waals surface area contributed by atoms with E-state index in [4.69, 9.17) is 17.0 Å². The second kappa shape index (κ2) is 9.49. The van der Waals surface area contributed by atoms with Crippen molar-refractivity contribution in [2.75, 3.05) is 44.7 Å². The van der Waals surface area contributed by atoms with E-state index in [1.807, 2.05) is 0 Å². The molecule has 3 rings (SSSR count). The Morgan fingerprint density at radius 2 is 1.71 bits per heavy atom. The van der Waals surface area contributed by atoms with Crippen LogP contribution in [0.25, 0.3) is 0 Å². The number of thiocarbonyl (C=S) groups is 1. The molecule has 9 heteroatoms. The van der Waals surface area contributed by atoms with E-state index in [2.05, 4.69) is 29.4 Å². The minimum absolute atomic E-state index is 0.292. The fourth-order valence-corrected chi connectivity index (χ4v) is 5.25. The first-order valence-electron chi connectivity index (χ1n) is 9.86. The van der Waals surface area contributed by atoms with E-state index in [0.717, 1.165) is 31.6 Å². The molecule has 28 heavy (non-hydrogen) atoms. The third-order valence-corrected chi connectivity index (χ3v) is 7.45. The molecule has 1 aromatic rings. The molecule has 2 fully saturated rings. The van der Waals surface area contributed by atoms with Crippen LogP contribution >= 0.6 is 12.2 Å². The summed E-state index contributed by atoms with van der Waals surface area (Å²) in [4.78, 5) is 2.77. The van der Waals surface area contributed by atoms with Crippen LogP contribution in [0, 0.1) is 0 Å². The molecule has 0 aromatic heterocycles. The van der Waals surface area contributed by atoms with Crippen LogP contribution in [-0.4, -0.2) is 74.2 Å². The molecule has 156 valence electrons. The molecule has 2 aliphatic heterocycles. The Kier molecular flexibility index (Phi) is 7.27. The van der Waals surface area contributed by atoms with E-state index in [9.17, 15) is 8.42 Å². The van der Waals surface area contributed by atoms with Crippen molar-refractivity contribution in [3.05, 3.63) is 24.3 Å². The minimum Gasteiger partial charge on any atom is -0.379 e. The molecule has 0 bridgehead atoms. The van der Waals surface area contributed by atoms with Gasteiger partial charge >= 0.3 is 0 Å². The van der Waals surface area contributed by atoms with Crippen LogP contribution in [0.15, 0.2) is 29.2 Å². The first kappa shape index (κ1) is 21.4. The third kappa shape index (κ3) is 5.42. The van der Waals surface area contributed by atoms with Gasteiger partial charge in [0.2, 0.25) is 10.0 Å². The van der Waals surface area contributed by atoms with Gasteiger partial charge in [0.1, 0.15) is 0 Å². The maximum Gasteiger partial charge on any atom is 0.243 e. The summed E-state index contributed by atoms with van der Waals surface area (Å²) in [5.41, 5.74) is 0.776. The third-order valence-electron chi connectivity index (χ3n) is 5.32. The molecule has 7 nitrogen and oxygen atoms in total. The largest absolute Gasteiger partial charge is 0.379 e. The molecule has 2 N–H and O–H groups in total. The molecular formula is C19H30N4O3S2. The highest BCUT2D eigenvalue weighted by Crippen LogP contribution is 2.20. The lowest BCUT2D eigenvalue weighted by atomic mass is 10.0. The minimum atomic E-state index is -3.47. The predicted molar refractivity (Wildman–Crippen MR) is 115 cm³/mol. The Labute approximate surface area is 173 Å². The van der Waals surface area contributed by atoms with Crippen molar-refractivity contribution in [2.24, 2.45) is 0 Å². The molecule has 0 saturated carbocycles. The molecule has 2 saturated heterocycles. The van der Waals surface area contributed by atoms with E-state index in [1.165, 1.54) is 4.31 Å². The van der Waals surface area contributed by atoms with Gasteiger partial charge in [-0.3, -0.25) is 0 Å². The number of piperidine rings is 1. The quantitative estimate of drug-likeness (QED) is 0.696. The van der Waals surface area contributed by atoms with E-state index in [1.54, 1.807) is 24.3 Å². The van der Waals surface area contributed by atoms with Crippen LogP contribution in [0.1, 0.15) is 26.7 Å². The van der Waals surface area contributed by atoms with Crippen molar-refractivity contribution in [3.8, 4) is 0 Å². The Morgan fingerprint density at radius 1 is 1.11 bits per heavy atom. The number of morpholine rings is 1. The molecule has 0 unspecified atom stereocenters. The van der Waals surface area contributed by atoms with E-state index in [0.29, 0.717) is 48.4 Å². The summed E-state index contributed by atoms with van der Waals surface area (Å²) in [6, 6.07) is 7.70. The van der Waals surface area contributed by atoms with E-state index in [-0.39, 0.29) is 0 Å². The van der Waals surface area contributed by atoms with E-state index < -0.39 is 10.0 Å². The predicted octanol–water partition coefficient (Wildman–Crippen LogP) is 1.87. The van der Waals surface area contributed by atoms with Gasteiger partial charge in [0.25, 0.3) is 0 Å². The number of hydrogen-bond donors (Lipinski definition) is 2. The van der Waals surface area contributed by atoms with Gasteiger partial charge in [-0.2, -0.15) is 4.31 Å². The number of nitrogens with zero attached hydrogens (tertiary/aromatic N) is 2. The number of sulfonamides is 1. The summed E-state index contributed by atoms with van der Waals surface area (Å²) in [5.74, 6) is 0. The lowest BCUT2D eigenvalue weighted by Gasteiger charge is -2.35. The van der Waals surface area contributed by atoms with Gasteiger partial charge in [-0.15, -0.1) is 0 Å². The van der Waals surface area contributed by atoms with Gasteiger partial charge in [0, 0.05) is 44.0 Å². The zero-order valence-corrected chi connectivity index (χ0v) is 18.2. The Hall–Kier alpha value is -1.26. The average molecular weight is 427 g/mol. The second-order valence-corrected chi connectivity index (χ2v) is 9.89. The number of rotatable bonds is 5. The zero-order valence-electron chi connectivity index (χ0n) is 16.6. The van der Waals surface area contributed by atoms with Crippen LogP contribution in [0.2, 0.25) is 0 Å². The van der Waals surface area contributed by atoms with Crippen molar-refractivity contribution in [1.82, 2.24) is 14.5 Å². The standard InChI is InChI=1S/C19H30N4O3S2/c1-15(2)22-9-7-17(8-10-22)21-19(27)20-16-3-5-18(6-4-16)28(24,25)23-11-13-26-14-12-23/h3-6,15,17H,7-14H2,1-2H3,(H2,20,21,27). The maximum atomic E-state index is 12.7. The smallest absolute Gasteiger partial charge is 0.243 e. The lowest BCUT2D eigenvalue weighted by Crippen LogP contribution is -2.47. The van der Waals surface area contributed by atoms with Crippen molar-refractivity contribution >= 4 is 33.0 Å². The van der Waals surface area contributed by atoms with Crippen molar-refractivity contribution in [1.29, 1.82) is 0 Å². The first-order valence-corrected chi connectivity index (χ1v) is 11.7. The molecular weight excluding hydrogens is 396 g/mol. The Bertz CT molecular complexity index is 754. The molecule has 0 spiro atoms. The highest BCUT2D eigenvalue weighted by atomic mass is 32.2. The van der Waals surface area contributed by atoms with Crippen LogP contribution in [0.5, 0.6) is 0 Å². The Morgan fingerprint density at radius 3 is 2.29 bits per heavy atom. The fourth-order valence-electron chi connectivity index (χ4n) is 3.56. The second-order valence-electron chi connectivity index (χ2n) is 7.54. The Balaban J connectivity index is 1.52. The van der Waals surface area contributed by atoms with Crippen LogP contribution in [0.4, 0.5) is 5.69 Å². The summed E-state index contributed by atoms with van der Waals surface area (Å²) >= 11 is 5.43. The number of nitrogens with one attached hydrogen (secondary N) is 2. The van der Waals surface area contributed by atoms with Crippen LogP contribution in [-0.2, 0) is 14.8 Å². The summed E-state index contributed by atoms with van der Waals surface area (Å²) in [6.07, 6.45) is 2.13. The number of likely N-dealkylation sites (tertiary alicyclic amines) is 1. The van der Waals surface area contributed by atoms with Crippen LogP contribution < -0.4 is 10.6 Å². The number of ether oxygens (including phenoxy) is 1. The fraction of sp³-hybridized carbons (Fsp3) is 0.632. The van der Waals surface area contributed by atoms with Gasteiger partial charge in [0.05, 0.1) is 18.1 Å². The highest BCUT2D eigenvalue weighted by molar-refractivity contribution is 7.89. The molecule has 0 amide bonds. The van der Waals surface area contributed by atoms with Crippen LogP contribution in [0.3, 0.4) is 0 Å². The van der Waals surface area contributed by atoms with Gasteiger partial charge in [-0.05, 0) is 63.2 Å². The SMILES string of the molecule is CC(C)N1CCC(NC(=S)Nc2ccc(S(=O)(=O)N3CCOCC3)cc2)CC1. The molecule has 2 heterocycles. The summed E-state index contributed by atoms with van der Waals surface area (Å²) in [5, 5.41) is 7.11. The monoisotopic (exact) mass is 426 g/mol.